The number of benzene rings is 1. The molecule has 14 nitrogen and oxygen atoms in total. The number of fused-ring (bicyclic) bond motifs is 3. The summed E-state index contributed by atoms with van der Waals surface area (Å²) >= 11 is 0. The molecular formula is C25H16N14. The van der Waals surface area contributed by atoms with Crippen molar-refractivity contribution in [3.63, 3.8) is 0 Å². The van der Waals surface area contributed by atoms with Crippen LogP contribution in [0.1, 0.15) is 5.69 Å². The molecule has 7 aromatic heterocycles. The summed E-state index contributed by atoms with van der Waals surface area (Å²) in [6, 6.07) is 13.8. The number of nitrogens with zero attached hydrogens (tertiary/aromatic N) is 14. The summed E-state index contributed by atoms with van der Waals surface area (Å²) in [6.07, 6.45) is 9.59. The molecule has 0 saturated carbocycles. The van der Waals surface area contributed by atoms with Crippen molar-refractivity contribution in [1.29, 1.82) is 0 Å². The Morgan fingerprint density at radius 3 is 1.67 bits per heavy atom. The molecule has 0 N–H and O–H groups in total. The lowest BCUT2D eigenvalue weighted by Crippen LogP contribution is -2.01. The van der Waals surface area contributed by atoms with Gasteiger partial charge in [0.25, 0.3) is 17.3 Å². The molecule has 0 spiro atoms. The molecule has 39 heavy (non-hydrogen) atoms. The lowest BCUT2D eigenvalue weighted by Gasteiger charge is -2.08. The largest absolute Gasteiger partial charge is 0.252 e. The van der Waals surface area contributed by atoms with Crippen molar-refractivity contribution in [2.75, 3.05) is 0 Å². The van der Waals surface area contributed by atoms with Crippen molar-refractivity contribution in [2.45, 2.75) is 6.92 Å². The average molecular weight is 513 g/mol. The van der Waals surface area contributed by atoms with Crippen LogP contribution in [-0.4, -0.2) is 68.5 Å². The number of hydrogen-bond donors (Lipinski definition) is 0. The molecule has 186 valence electrons. The molecule has 14 heteroatoms. The third-order valence-electron chi connectivity index (χ3n) is 6.56. The van der Waals surface area contributed by atoms with E-state index >= 15 is 0 Å². The van der Waals surface area contributed by atoms with Crippen LogP contribution in [0.25, 0.3) is 56.9 Å². The molecule has 0 aliphatic heterocycles. The molecule has 0 saturated heterocycles. The smallest absolute Gasteiger partial charge is 0.237 e. The Labute approximate surface area is 218 Å². The van der Waals surface area contributed by atoms with E-state index in [2.05, 4.69) is 45.2 Å². The van der Waals surface area contributed by atoms with Crippen LogP contribution >= 0.6 is 0 Å². The monoisotopic (exact) mass is 512 g/mol. The van der Waals surface area contributed by atoms with E-state index in [9.17, 15) is 0 Å². The highest BCUT2D eigenvalue weighted by atomic mass is 15.4. The molecule has 8 rings (SSSR count). The Balaban J connectivity index is 1.34. The first kappa shape index (κ1) is 21.2. The first-order valence-corrected chi connectivity index (χ1v) is 11.9. The average Bonchev–Trinajstić information content (AvgIpc) is 3.78. The third kappa shape index (κ3) is 3.14. The third-order valence-corrected chi connectivity index (χ3v) is 6.56. The minimum atomic E-state index is 0.479. The summed E-state index contributed by atoms with van der Waals surface area (Å²) in [4.78, 5) is 25.6. The van der Waals surface area contributed by atoms with E-state index in [1.165, 1.54) is 19.0 Å². The second kappa shape index (κ2) is 8.04. The molecule has 0 fully saturated rings. The highest BCUT2D eigenvalue weighted by Gasteiger charge is 2.24. The van der Waals surface area contributed by atoms with Gasteiger partial charge >= 0.3 is 0 Å². The maximum Gasteiger partial charge on any atom is 0.252 e. The van der Waals surface area contributed by atoms with Crippen molar-refractivity contribution in [3.05, 3.63) is 85.7 Å². The Hall–Kier alpha value is -5.92. The van der Waals surface area contributed by atoms with E-state index in [1.54, 1.807) is 32.1 Å². The molecule has 0 aliphatic carbocycles. The van der Waals surface area contributed by atoms with Gasteiger partial charge in [-0.05, 0) is 37.3 Å². The first-order chi connectivity index (χ1) is 19.3. The van der Waals surface area contributed by atoms with Gasteiger partial charge in [-0.1, -0.05) is 12.1 Å². The van der Waals surface area contributed by atoms with Gasteiger partial charge in [-0.25, -0.2) is 19.6 Å². The topological polar surface area (TPSA) is 147 Å². The summed E-state index contributed by atoms with van der Waals surface area (Å²) in [5.74, 6) is 1.52. The molecule has 8 aromatic rings. The molecule has 0 radical (unpaired) electrons. The number of hydrogen-bond acceptors (Lipinski definition) is 10. The first-order valence-electron chi connectivity index (χ1n) is 11.9. The van der Waals surface area contributed by atoms with Crippen molar-refractivity contribution < 1.29 is 0 Å². The maximum absolute atomic E-state index is 5.07. The van der Waals surface area contributed by atoms with Crippen LogP contribution in [0.5, 0.6) is 0 Å². The van der Waals surface area contributed by atoms with Gasteiger partial charge in [0.1, 0.15) is 24.7 Å². The van der Waals surface area contributed by atoms with Crippen molar-refractivity contribution in [3.8, 4) is 39.6 Å². The zero-order chi connectivity index (χ0) is 25.9. The van der Waals surface area contributed by atoms with Gasteiger partial charge in [0, 0.05) is 24.2 Å². The summed E-state index contributed by atoms with van der Waals surface area (Å²) in [7, 11) is 0. The van der Waals surface area contributed by atoms with Crippen LogP contribution in [-0.2, 0) is 0 Å². The molecule has 0 aliphatic rings. The Morgan fingerprint density at radius 1 is 0.538 bits per heavy atom. The summed E-state index contributed by atoms with van der Waals surface area (Å²) < 4.78 is 6.99. The maximum atomic E-state index is 5.07. The van der Waals surface area contributed by atoms with Crippen LogP contribution in [0, 0.1) is 6.92 Å². The Morgan fingerprint density at radius 2 is 1.05 bits per heavy atom. The summed E-state index contributed by atoms with van der Waals surface area (Å²) in [5, 5.41) is 18.2. The molecular weight excluding hydrogens is 496 g/mol. The molecule has 0 amide bonds. The molecule has 1 aromatic carbocycles. The van der Waals surface area contributed by atoms with Gasteiger partial charge < -0.3 is 0 Å². The molecule has 0 bridgehead atoms. The van der Waals surface area contributed by atoms with E-state index in [0.717, 1.165) is 39.6 Å². The van der Waals surface area contributed by atoms with E-state index in [-0.39, 0.29) is 0 Å². The fraction of sp³-hybridized carbons (Fsp3) is 0.0400. The minimum Gasteiger partial charge on any atom is -0.237 e. The van der Waals surface area contributed by atoms with Gasteiger partial charge in [0.05, 0.1) is 34.0 Å². The van der Waals surface area contributed by atoms with Crippen molar-refractivity contribution >= 4 is 17.3 Å². The van der Waals surface area contributed by atoms with E-state index in [1.807, 2.05) is 54.1 Å². The molecule has 0 atom stereocenters. The predicted octanol–water partition coefficient (Wildman–Crippen LogP) is 2.49. The lowest BCUT2D eigenvalue weighted by molar-refractivity contribution is 0.843. The van der Waals surface area contributed by atoms with Gasteiger partial charge in [-0.15, -0.1) is 0 Å². The quantitative estimate of drug-likeness (QED) is 0.344. The standard InChI is InChI=1S/C25H16N14/c1-15-21(19-7-10-27-24-30-13-33-38(19)24)22(20-8-11-28-25-31-14-34-39(20)25)35-36(15)17-4-2-16(3-5-17)18-6-9-26-23-29-12-32-37(18)23/h2-14H,1H3. The second-order valence-electron chi connectivity index (χ2n) is 8.67. The minimum absolute atomic E-state index is 0.479. The lowest BCUT2D eigenvalue weighted by atomic mass is 10.1. The van der Waals surface area contributed by atoms with Gasteiger partial charge in [-0.2, -0.15) is 48.9 Å². The Bertz CT molecular complexity index is 2150. The highest BCUT2D eigenvalue weighted by molar-refractivity contribution is 5.81. The zero-order valence-corrected chi connectivity index (χ0v) is 20.3. The van der Waals surface area contributed by atoms with Crippen molar-refractivity contribution in [2.24, 2.45) is 0 Å². The fourth-order valence-corrected chi connectivity index (χ4v) is 4.82. The van der Waals surface area contributed by atoms with Gasteiger partial charge in [0.2, 0.25) is 0 Å². The van der Waals surface area contributed by atoms with Crippen LogP contribution in [0.15, 0.2) is 80.0 Å². The highest BCUT2D eigenvalue weighted by Crippen LogP contribution is 2.35. The number of aromatic nitrogens is 14. The van der Waals surface area contributed by atoms with Crippen LogP contribution in [0.3, 0.4) is 0 Å². The predicted molar refractivity (Wildman–Crippen MR) is 138 cm³/mol. The van der Waals surface area contributed by atoms with E-state index < -0.39 is 0 Å². The second-order valence-corrected chi connectivity index (χ2v) is 8.67. The zero-order valence-electron chi connectivity index (χ0n) is 20.3. The van der Waals surface area contributed by atoms with Crippen LogP contribution in [0.2, 0.25) is 0 Å². The number of rotatable bonds is 4. The van der Waals surface area contributed by atoms with Crippen LogP contribution < -0.4 is 0 Å². The molecule has 7 heterocycles. The SMILES string of the molecule is Cc1c(-c2ccnc3ncnn23)c(-c2ccnc3ncnn23)nn1-c1ccc(-c2ccnc3ncnn23)cc1. The van der Waals surface area contributed by atoms with Gasteiger partial charge in [0.15, 0.2) is 0 Å². The normalized spacial score (nSPS) is 11.7. The van der Waals surface area contributed by atoms with E-state index in [4.69, 9.17) is 5.10 Å². The van der Waals surface area contributed by atoms with E-state index in [0.29, 0.717) is 23.0 Å². The summed E-state index contributed by atoms with van der Waals surface area (Å²) in [5.41, 5.74) is 6.71. The fourth-order valence-electron chi connectivity index (χ4n) is 4.82. The summed E-state index contributed by atoms with van der Waals surface area (Å²) in [6.45, 7) is 2.02. The molecule has 0 unspecified atom stereocenters. The Kier molecular flexibility index (Phi) is 4.37. The van der Waals surface area contributed by atoms with Gasteiger partial charge in [-0.3, -0.25) is 0 Å². The van der Waals surface area contributed by atoms with Crippen molar-refractivity contribution in [1.82, 2.24) is 68.5 Å². The van der Waals surface area contributed by atoms with Crippen LogP contribution in [0.4, 0.5) is 0 Å².